The first-order valence-electron chi connectivity index (χ1n) is 7.57. The largest absolute Gasteiger partial charge is 0.509 e. The number of hydrogen-bond acceptors (Lipinski definition) is 6. The van der Waals surface area contributed by atoms with Crippen LogP contribution in [0.15, 0.2) is 6.07 Å². The zero-order valence-electron chi connectivity index (χ0n) is 12.0. The van der Waals surface area contributed by atoms with E-state index in [1.165, 1.54) is 5.69 Å². The third kappa shape index (κ3) is 2.51. The first-order chi connectivity index (χ1) is 10.2. The second-order valence-corrected chi connectivity index (χ2v) is 6.13. The molecule has 114 valence electrons. The second kappa shape index (κ2) is 4.99. The molecule has 4 heterocycles. The Balaban J connectivity index is 1.36. The van der Waals surface area contributed by atoms with Gasteiger partial charge in [-0.15, -0.1) is 0 Å². The van der Waals surface area contributed by atoms with Crippen LogP contribution in [0.3, 0.4) is 0 Å². The van der Waals surface area contributed by atoms with E-state index >= 15 is 0 Å². The van der Waals surface area contributed by atoms with Crippen LogP contribution in [0.4, 0.5) is 4.79 Å². The van der Waals surface area contributed by atoms with Crippen molar-refractivity contribution >= 4 is 6.16 Å². The van der Waals surface area contributed by atoms with Gasteiger partial charge in [0.05, 0.1) is 17.9 Å². The number of nitrogens with zero attached hydrogens (tertiary/aromatic N) is 3. The number of carbonyl (C=O) groups is 1. The van der Waals surface area contributed by atoms with E-state index in [1.807, 2.05) is 0 Å². The van der Waals surface area contributed by atoms with Gasteiger partial charge in [-0.1, -0.05) is 0 Å². The van der Waals surface area contributed by atoms with Gasteiger partial charge in [-0.2, -0.15) is 5.10 Å². The van der Waals surface area contributed by atoms with Gasteiger partial charge in [-0.25, -0.2) is 4.79 Å². The molecule has 0 aromatic carbocycles. The van der Waals surface area contributed by atoms with Gasteiger partial charge in [-0.05, 0) is 6.07 Å². The highest BCUT2D eigenvalue weighted by Gasteiger charge is 2.44. The SMILES string of the molecule is O=C1OCC2(CCN(Cc3cc4n(n3)CCNC4)CC2)O1. The van der Waals surface area contributed by atoms with Crippen LogP contribution in [-0.4, -0.2) is 52.7 Å². The summed E-state index contributed by atoms with van der Waals surface area (Å²) in [5.74, 6) is 0. The molecule has 3 aliphatic rings. The highest BCUT2D eigenvalue weighted by Crippen LogP contribution is 2.32. The fraction of sp³-hybridized carbons (Fsp3) is 0.714. The number of rotatable bonds is 2. The van der Waals surface area contributed by atoms with Gasteiger partial charge in [0.15, 0.2) is 5.60 Å². The fourth-order valence-electron chi connectivity index (χ4n) is 3.35. The van der Waals surface area contributed by atoms with Gasteiger partial charge < -0.3 is 14.8 Å². The third-order valence-corrected chi connectivity index (χ3v) is 4.63. The maximum Gasteiger partial charge on any atom is 0.509 e. The van der Waals surface area contributed by atoms with Crippen LogP contribution in [0.1, 0.15) is 24.2 Å². The molecular formula is C14H20N4O3. The average Bonchev–Trinajstić information content (AvgIpc) is 3.05. The molecule has 0 radical (unpaired) electrons. The average molecular weight is 292 g/mol. The smallest absolute Gasteiger partial charge is 0.430 e. The maximum atomic E-state index is 11.1. The molecule has 2 saturated heterocycles. The van der Waals surface area contributed by atoms with Crippen molar-refractivity contribution in [1.29, 1.82) is 0 Å². The van der Waals surface area contributed by atoms with E-state index in [0.29, 0.717) is 6.61 Å². The highest BCUT2D eigenvalue weighted by atomic mass is 16.8. The van der Waals surface area contributed by atoms with E-state index in [2.05, 4.69) is 26.1 Å². The summed E-state index contributed by atoms with van der Waals surface area (Å²) in [5.41, 5.74) is 2.03. The van der Waals surface area contributed by atoms with E-state index in [4.69, 9.17) is 9.47 Å². The minimum absolute atomic E-state index is 0.370. The summed E-state index contributed by atoms with van der Waals surface area (Å²) in [4.78, 5) is 13.5. The van der Waals surface area contributed by atoms with Gasteiger partial charge >= 0.3 is 6.16 Å². The van der Waals surface area contributed by atoms with E-state index in [1.54, 1.807) is 0 Å². The Morgan fingerprint density at radius 3 is 2.90 bits per heavy atom. The molecule has 1 aromatic rings. The van der Waals surface area contributed by atoms with E-state index < -0.39 is 6.16 Å². The monoisotopic (exact) mass is 292 g/mol. The molecule has 0 atom stereocenters. The standard InChI is InChI=1S/C14H20N4O3/c19-13-20-10-14(21-13)1-4-17(5-2-14)9-11-7-12-8-15-3-6-18(12)16-11/h7,15H,1-6,8-10H2. The first kappa shape index (κ1) is 13.1. The summed E-state index contributed by atoms with van der Waals surface area (Å²) in [6.07, 6.45) is 1.17. The molecule has 1 spiro atoms. The van der Waals surface area contributed by atoms with Gasteiger partial charge in [-0.3, -0.25) is 9.58 Å². The predicted molar refractivity (Wildman–Crippen MR) is 73.6 cm³/mol. The van der Waals surface area contributed by atoms with Gasteiger partial charge in [0.1, 0.15) is 6.61 Å². The number of likely N-dealkylation sites (tertiary alicyclic amines) is 1. The van der Waals surface area contributed by atoms with Crippen LogP contribution in [-0.2, 0) is 29.1 Å². The first-order valence-corrected chi connectivity index (χ1v) is 7.57. The Hall–Kier alpha value is -1.60. The molecule has 0 amide bonds. The summed E-state index contributed by atoms with van der Waals surface area (Å²) in [6.45, 7) is 5.95. The molecule has 3 aliphatic heterocycles. The van der Waals surface area contributed by atoms with Gasteiger partial charge in [0.25, 0.3) is 0 Å². The van der Waals surface area contributed by atoms with Crippen LogP contribution < -0.4 is 5.32 Å². The zero-order valence-corrected chi connectivity index (χ0v) is 12.0. The van der Waals surface area contributed by atoms with Crippen molar-refractivity contribution in [2.75, 3.05) is 26.2 Å². The summed E-state index contributed by atoms with van der Waals surface area (Å²) >= 11 is 0. The Kier molecular flexibility index (Phi) is 3.11. The van der Waals surface area contributed by atoms with E-state index in [9.17, 15) is 4.79 Å². The molecule has 0 bridgehead atoms. The molecule has 7 heteroatoms. The van der Waals surface area contributed by atoms with Crippen molar-refractivity contribution in [3.8, 4) is 0 Å². The highest BCUT2D eigenvalue weighted by molar-refractivity contribution is 5.62. The summed E-state index contributed by atoms with van der Waals surface area (Å²) in [7, 11) is 0. The Morgan fingerprint density at radius 1 is 1.33 bits per heavy atom. The molecule has 0 aliphatic carbocycles. The molecule has 4 rings (SSSR count). The van der Waals surface area contributed by atoms with E-state index in [-0.39, 0.29) is 5.60 Å². The Bertz CT molecular complexity index is 525. The van der Waals surface area contributed by atoms with Crippen molar-refractivity contribution in [1.82, 2.24) is 20.0 Å². The maximum absolute atomic E-state index is 11.1. The minimum atomic E-state index is -0.516. The van der Waals surface area contributed by atoms with Crippen LogP contribution in [0.25, 0.3) is 0 Å². The number of cyclic esters (lactones) is 1. The molecule has 21 heavy (non-hydrogen) atoms. The number of ether oxygens (including phenoxy) is 2. The normalized spacial score (nSPS) is 24.7. The van der Waals surface area contributed by atoms with Gasteiger partial charge in [0.2, 0.25) is 0 Å². The number of carbonyl (C=O) groups excluding carboxylic acids is 1. The van der Waals surface area contributed by atoms with Crippen LogP contribution in [0, 0.1) is 0 Å². The molecule has 7 nitrogen and oxygen atoms in total. The lowest BCUT2D eigenvalue weighted by molar-refractivity contribution is -0.00193. The molecule has 1 N–H and O–H groups in total. The second-order valence-electron chi connectivity index (χ2n) is 6.13. The van der Waals surface area contributed by atoms with Crippen molar-refractivity contribution in [2.24, 2.45) is 0 Å². The van der Waals surface area contributed by atoms with Crippen LogP contribution in [0.2, 0.25) is 0 Å². The van der Waals surface area contributed by atoms with Crippen molar-refractivity contribution < 1.29 is 14.3 Å². The lowest BCUT2D eigenvalue weighted by Gasteiger charge is -2.35. The number of piperidine rings is 1. The molecule has 0 saturated carbocycles. The number of aromatic nitrogens is 2. The lowest BCUT2D eigenvalue weighted by Crippen LogP contribution is -2.45. The molecular weight excluding hydrogens is 272 g/mol. The molecule has 1 aromatic heterocycles. The number of fused-ring (bicyclic) bond motifs is 1. The quantitative estimate of drug-likeness (QED) is 0.800. The zero-order chi connectivity index (χ0) is 14.3. The summed E-state index contributed by atoms with van der Waals surface area (Å²) < 4.78 is 12.4. The molecule has 0 unspecified atom stereocenters. The lowest BCUT2D eigenvalue weighted by atomic mass is 9.92. The minimum Gasteiger partial charge on any atom is -0.430 e. The third-order valence-electron chi connectivity index (χ3n) is 4.63. The van der Waals surface area contributed by atoms with Crippen LogP contribution >= 0.6 is 0 Å². The molecule has 2 fully saturated rings. The fourth-order valence-corrected chi connectivity index (χ4v) is 3.35. The topological polar surface area (TPSA) is 68.6 Å². The van der Waals surface area contributed by atoms with Gasteiger partial charge in [0, 0.05) is 45.6 Å². The van der Waals surface area contributed by atoms with Crippen molar-refractivity contribution in [3.05, 3.63) is 17.5 Å². The predicted octanol–water partition coefficient (Wildman–Crippen LogP) is 0.488. The Labute approximate surface area is 123 Å². The van der Waals surface area contributed by atoms with E-state index in [0.717, 1.165) is 57.8 Å². The summed E-state index contributed by atoms with van der Waals surface area (Å²) in [6, 6.07) is 2.19. The number of hydrogen-bond donors (Lipinski definition) is 1. The van der Waals surface area contributed by atoms with Crippen LogP contribution in [0.5, 0.6) is 0 Å². The van der Waals surface area contributed by atoms with Crippen molar-refractivity contribution in [2.45, 2.75) is 38.1 Å². The van der Waals surface area contributed by atoms with Crippen molar-refractivity contribution in [3.63, 3.8) is 0 Å². The number of nitrogens with one attached hydrogen (secondary N) is 1. The summed E-state index contributed by atoms with van der Waals surface area (Å²) in [5, 5.41) is 8.03. The Morgan fingerprint density at radius 2 is 2.19 bits per heavy atom.